The molecular formula is C18H22N4O2. The fraction of sp³-hybridized carbons (Fsp3) is 0.389. The van der Waals surface area contributed by atoms with Crippen molar-refractivity contribution in [3.8, 4) is 0 Å². The molecule has 2 heterocycles. The van der Waals surface area contributed by atoms with Crippen LogP contribution in [0.15, 0.2) is 36.4 Å². The second-order valence-electron chi connectivity index (χ2n) is 6.01. The summed E-state index contributed by atoms with van der Waals surface area (Å²) in [5, 5.41) is 7.34. The number of hydrogen-bond donors (Lipinski definition) is 1. The zero-order valence-electron chi connectivity index (χ0n) is 14.0. The van der Waals surface area contributed by atoms with Crippen molar-refractivity contribution < 1.29 is 9.59 Å². The molecule has 0 saturated carbocycles. The number of carbonyl (C=O) groups is 2. The summed E-state index contributed by atoms with van der Waals surface area (Å²) in [5.74, 6) is 0.552. The van der Waals surface area contributed by atoms with Crippen molar-refractivity contribution in [1.29, 1.82) is 0 Å². The van der Waals surface area contributed by atoms with Gasteiger partial charge in [-0.05, 0) is 18.9 Å². The number of hydrogen-bond acceptors (Lipinski definition) is 3. The van der Waals surface area contributed by atoms with E-state index < -0.39 is 6.04 Å². The van der Waals surface area contributed by atoms with E-state index in [4.69, 9.17) is 0 Å². The monoisotopic (exact) mass is 326 g/mol. The smallest absolute Gasteiger partial charge is 0.243 e. The van der Waals surface area contributed by atoms with Crippen LogP contribution in [-0.4, -0.2) is 27.6 Å². The topological polar surface area (TPSA) is 67.2 Å². The molecule has 24 heavy (non-hydrogen) atoms. The minimum Gasteiger partial charge on any atom is -0.350 e. The number of carbonyl (C=O) groups excluding carboxylic acids is 2. The second kappa shape index (κ2) is 6.86. The van der Waals surface area contributed by atoms with E-state index in [2.05, 4.69) is 10.4 Å². The molecule has 0 fully saturated rings. The standard InChI is InChI=1S/C18H22N4O2/c1-3-15(18(24)19-12-14-7-5-4-6-8-14)22-16-11-13(2)20-21(16)10-9-17(22)23/h4-8,11,15H,3,9-10,12H2,1-2H3,(H,19,24)/t15-/m0/s1. The molecule has 1 N–H and O–H groups in total. The molecule has 0 spiro atoms. The molecule has 1 aromatic carbocycles. The van der Waals surface area contributed by atoms with Gasteiger partial charge >= 0.3 is 0 Å². The van der Waals surface area contributed by atoms with E-state index in [0.717, 1.165) is 11.3 Å². The molecule has 6 nitrogen and oxygen atoms in total. The predicted octanol–water partition coefficient (Wildman–Crippen LogP) is 2.02. The van der Waals surface area contributed by atoms with Crippen molar-refractivity contribution in [2.75, 3.05) is 4.90 Å². The van der Waals surface area contributed by atoms with Crippen LogP contribution in [0, 0.1) is 6.92 Å². The lowest BCUT2D eigenvalue weighted by Gasteiger charge is -2.33. The number of nitrogens with zero attached hydrogens (tertiary/aromatic N) is 3. The van der Waals surface area contributed by atoms with Gasteiger partial charge in [-0.2, -0.15) is 5.10 Å². The van der Waals surface area contributed by atoms with Crippen LogP contribution in [0.1, 0.15) is 31.0 Å². The highest BCUT2D eigenvalue weighted by Crippen LogP contribution is 2.26. The van der Waals surface area contributed by atoms with Gasteiger partial charge in [-0.25, -0.2) is 4.68 Å². The third kappa shape index (κ3) is 3.18. The van der Waals surface area contributed by atoms with E-state index in [1.54, 1.807) is 4.90 Å². The minimum atomic E-state index is -0.517. The van der Waals surface area contributed by atoms with E-state index in [9.17, 15) is 9.59 Å². The minimum absolute atomic E-state index is 0.0240. The van der Waals surface area contributed by atoms with E-state index in [-0.39, 0.29) is 11.8 Å². The molecule has 6 heteroatoms. The molecule has 2 amide bonds. The van der Waals surface area contributed by atoms with E-state index in [1.807, 2.05) is 54.9 Å². The number of rotatable bonds is 5. The van der Waals surface area contributed by atoms with Crippen LogP contribution < -0.4 is 10.2 Å². The van der Waals surface area contributed by atoms with Crippen molar-refractivity contribution in [2.45, 2.75) is 45.8 Å². The van der Waals surface area contributed by atoms with Gasteiger partial charge in [0.15, 0.2) is 0 Å². The Labute approximate surface area is 141 Å². The van der Waals surface area contributed by atoms with E-state index in [0.29, 0.717) is 31.7 Å². The molecule has 0 aliphatic carbocycles. The maximum Gasteiger partial charge on any atom is 0.243 e. The quantitative estimate of drug-likeness (QED) is 0.914. The third-order valence-electron chi connectivity index (χ3n) is 4.24. The molecule has 1 aromatic heterocycles. The first-order valence-electron chi connectivity index (χ1n) is 8.28. The number of anilines is 1. The first kappa shape index (κ1) is 16.2. The fourth-order valence-electron chi connectivity index (χ4n) is 3.06. The van der Waals surface area contributed by atoms with Gasteiger partial charge < -0.3 is 5.32 Å². The summed E-state index contributed by atoms with van der Waals surface area (Å²) in [7, 11) is 0. The lowest BCUT2D eigenvalue weighted by Crippen LogP contribution is -2.52. The van der Waals surface area contributed by atoms with Crippen LogP contribution in [0.4, 0.5) is 5.82 Å². The molecule has 2 aromatic rings. The van der Waals surface area contributed by atoms with Crippen LogP contribution in [0.2, 0.25) is 0 Å². The summed E-state index contributed by atoms with van der Waals surface area (Å²) >= 11 is 0. The Kier molecular flexibility index (Phi) is 4.64. The molecule has 3 rings (SSSR count). The zero-order chi connectivity index (χ0) is 17.1. The van der Waals surface area contributed by atoms with Crippen LogP contribution >= 0.6 is 0 Å². The van der Waals surface area contributed by atoms with E-state index >= 15 is 0 Å². The van der Waals surface area contributed by atoms with Crippen LogP contribution in [0.25, 0.3) is 0 Å². The molecule has 0 bridgehead atoms. The van der Waals surface area contributed by atoms with Crippen LogP contribution in [-0.2, 0) is 22.7 Å². The summed E-state index contributed by atoms with van der Waals surface area (Å²) in [5.41, 5.74) is 1.89. The highest BCUT2D eigenvalue weighted by molar-refractivity contribution is 6.00. The first-order valence-corrected chi connectivity index (χ1v) is 8.28. The number of benzene rings is 1. The Bertz CT molecular complexity index is 739. The van der Waals surface area contributed by atoms with Gasteiger partial charge in [0.25, 0.3) is 0 Å². The summed E-state index contributed by atoms with van der Waals surface area (Å²) < 4.78 is 1.81. The molecular weight excluding hydrogens is 304 g/mol. The van der Waals surface area contributed by atoms with Crippen molar-refractivity contribution in [3.63, 3.8) is 0 Å². The largest absolute Gasteiger partial charge is 0.350 e. The average Bonchev–Trinajstić information content (AvgIpc) is 2.97. The number of nitrogens with one attached hydrogen (secondary N) is 1. The van der Waals surface area contributed by atoms with Gasteiger partial charge in [0.05, 0.1) is 12.2 Å². The van der Waals surface area contributed by atoms with Gasteiger partial charge in [-0.15, -0.1) is 0 Å². The normalized spacial score (nSPS) is 15.1. The Balaban J connectivity index is 1.77. The Hall–Kier alpha value is -2.63. The number of fused-ring (bicyclic) bond motifs is 1. The Morgan fingerprint density at radius 3 is 2.79 bits per heavy atom. The lowest BCUT2D eigenvalue weighted by atomic mass is 10.1. The molecule has 1 aliphatic rings. The number of aryl methyl sites for hydroxylation is 2. The third-order valence-corrected chi connectivity index (χ3v) is 4.24. The first-order chi connectivity index (χ1) is 11.6. The average molecular weight is 326 g/mol. The Morgan fingerprint density at radius 1 is 1.33 bits per heavy atom. The van der Waals surface area contributed by atoms with Crippen LogP contribution in [0.3, 0.4) is 0 Å². The highest BCUT2D eigenvalue weighted by Gasteiger charge is 2.34. The van der Waals surface area contributed by atoms with Crippen LogP contribution in [0.5, 0.6) is 0 Å². The molecule has 0 unspecified atom stereocenters. The predicted molar refractivity (Wildman–Crippen MR) is 91.4 cm³/mol. The Morgan fingerprint density at radius 2 is 2.08 bits per heavy atom. The number of aromatic nitrogens is 2. The fourth-order valence-corrected chi connectivity index (χ4v) is 3.06. The van der Waals surface area contributed by atoms with Gasteiger partial charge in [-0.1, -0.05) is 37.3 Å². The van der Waals surface area contributed by atoms with Gasteiger partial charge in [0.2, 0.25) is 11.8 Å². The van der Waals surface area contributed by atoms with Gasteiger partial charge in [-0.3, -0.25) is 14.5 Å². The zero-order valence-corrected chi connectivity index (χ0v) is 14.0. The van der Waals surface area contributed by atoms with E-state index in [1.165, 1.54) is 0 Å². The van der Waals surface area contributed by atoms with Crippen molar-refractivity contribution >= 4 is 17.6 Å². The molecule has 1 atom stereocenters. The summed E-state index contributed by atoms with van der Waals surface area (Å²) in [4.78, 5) is 26.7. The molecule has 1 aliphatic heterocycles. The molecule has 0 radical (unpaired) electrons. The lowest BCUT2D eigenvalue weighted by molar-refractivity contribution is -0.127. The summed E-state index contributed by atoms with van der Waals surface area (Å²) in [6.07, 6.45) is 0.924. The van der Waals surface area contributed by atoms with Crippen molar-refractivity contribution in [3.05, 3.63) is 47.7 Å². The van der Waals surface area contributed by atoms with Crippen molar-refractivity contribution in [1.82, 2.24) is 15.1 Å². The summed E-state index contributed by atoms with van der Waals surface area (Å²) in [6, 6.07) is 11.1. The van der Waals surface area contributed by atoms with Crippen molar-refractivity contribution in [2.24, 2.45) is 0 Å². The maximum absolute atomic E-state index is 12.7. The number of amides is 2. The molecule has 126 valence electrons. The SMILES string of the molecule is CC[C@@H](C(=O)NCc1ccccc1)N1C(=O)CCn2nc(C)cc21. The molecule has 0 saturated heterocycles. The second-order valence-corrected chi connectivity index (χ2v) is 6.01. The van der Waals surface area contributed by atoms with Gasteiger partial charge in [0.1, 0.15) is 11.9 Å². The highest BCUT2D eigenvalue weighted by atomic mass is 16.2. The maximum atomic E-state index is 12.7. The summed E-state index contributed by atoms with van der Waals surface area (Å²) in [6.45, 7) is 4.84. The van der Waals surface area contributed by atoms with Gasteiger partial charge in [0, 0.05) is 19.0 Å².